The highest BCUT2D eigenvalue weighted by Crippen LogP contribution is 2.26. The molecule has 0 saturated heterocycles. The molecule has 3 heteroatoms. The second kappa shape index (κ2) is 4.37. The van der Waals surface area contributed by atoms with Crippen LogP contribution in [0.15, 0.2) is 42.5 Å². The van der Waals surface area contributed by atoms with Gasteiger partial charge in [0.15, 0.2) is 0 Å². The first-order chi connectivity index (χ1) is 8.09. The first-order valence-corrected chi connectivity index (χ1v) is 5.18. The Kier molecular flexibility index (Phi) is 2.91. The molecule has 0 aliphatic carbocycles. The fraction of sp³-hybridized carbons (Fsp3) is 0.0714. The van der Waals surface area contributed by atoms with E-state index in [4.69, 9.17) is 5.11 Å². The minimum Gasteiger partial charge on any atom is -0.478 e. The minimum atomic E-state index is -1.06. The average Bonchev–Trinajstić information content (AvgIpc) is 2.29. The van der Waals surface area contributed by atoms with Gasteiger partial charge in [0.1, 0.15) is 5.82 Å². The predicted molar refractivity (Wildman–Crippen MR) is 63.5 cm³/mol. The highest BCUT2D eigenvalue weighted by molar-refractivity contribution is 5.96. The summed E-state index contributed by atoms with van der Waals surface area (Å²) in [6.07, 6.45) is 0. The van der Waals surface area contributed by atoms with Gasteiger partial charge in [-0.05, 0) is 30.2 Å². The quantitative estimate of drug-likeness (QED) is 0.857. The Bertz CT molecular complexity index is 576. The third-order valence-electron chi connectivity index (χ3n) is 2.57. The van der Waals surface area contributed by atoms with Crippen molar-refractivity contribution in [2.75, 3.05) is 0 Å². The monoisotopic (exact) mass is 230 g/mol. The van der Waals surface area contributed by atoms with Crippen LogP contribution < -0.4 is 0 Å². The SMILES string of the molecule is Cc1ccc(-c2ccccc2C(=O)O)c(F)c1. The predicted octanol–water partition coefficient (Wildman–Crippen LogP) is 3.50. The molecule has 0 fully saturated rings. The van der Waals surface area contributed by atoms with Crippen LogP contribution in [0.1, 0.15) is 15.9 Å². The van der Waals surface area contributed by atoms with Crippen molar-refractivity contribution in [2.45, 2.75) is 6.92 Å². The van der Waals surface area contributed by atoms with Gasteiger partial charge in [0, 0.05) is 5.56 Å². The van der Waals surface area contributed by atoms with Crippen molar-refractivity contribution in [1.29, 1.82) is 0 Å². The zero-order valence-corrected chi connectivity index (χ0v) is 9.27. The summed E-state index contributed by atoms with van der Waals surface area (Å²) >= 11 is 0. The number of hydrogen-bond acceptors (Lipinski definition) is 1. The maximum atomic E-state index is 13.8. The smallest absolute Gasteiger partial charge is 0.336 e. The second-order valence-corrected chi connectivity index (χ2v) is 3.83. The zero-order valence-electron chi connectivity index (χ0n) is 9.27. The van der Waals surface area contributed by atoms with Crippen LogP contribution in [0.25, 0.3) is 11.1 Å². The molecule has 2 aromatic carbocycles. The third kappa shape index (κ3) is 2.18. The molecule has 1 N–H and O–H groups in total. The van der Waals surface area contributed by atoms with Crippen LogP contribution >= 0.6 is 0 Å². The molecule has 0 heterocycles. The lowest BCUT2D eigenvalue weighted by Crippen LogP contribution is -2.00. The van der Waals surface area contributed by atoms with E-state index in [9.17, 15) is 9.18 Å². The first-order valence-electron chi connectivity index (χ1n) is 5.18. The Labute approximate surface area is 98.3 Å². The highest BCUT2D eigenvalue weighted by atomic mass is 19.1. The molecule has 0 aromatic heterocycles. The van der Waals surface area contributed by atoms with E-state index in [1.807, 2.05) is 0 Å². The van der Waals surface area contributed by atoms with Gasteiger partial charge in [-0.15, -0.1) is 0 Å². The van der Waals surface area contributed by atoms with E-state index in [1.54, 1.807) is 37.3 Å². The molecule has 86 valence electrons. The Morgan fingerprint density at radius 1 is 1.12 bits per heavy atom. The van der Waals surface area contributed by atoms with E-state index in [0.29, 0.717) is 11.1 Å². The molecule has 0 unspecified atom stereocenters. The van der Waals surface area contributed by atoms with Crippen molar-refractivity contribution < 1.29 is 14.3 Å². The van der Waals surface area contributed by atoms with Crippen molar-refractivity contribution >= 4 is 5.97 Å². The molecule has 17 heavy (non-hydrogen) atoms. The van der Waals surface area contributed by atoms with Crippen LogP contribution in [0.5, 0.6) is 0 Å². The number of aryl methyl sites for hydroxylation is 1. The van der Waals surface area contributed by atoms with E-state index in [1.165, 1.54) is 12.1 Å². The third-order valence-corrected chi connectivity index (χ3v) is 2.57. The van der Waals surface area contributed by atoms with Crippen molar-refractivity contribution in [3.05, 3.63) is 59.4 Å². The summed E-state index contributed by atoms with van der Waals surface area (Å²) in [5.41, 5.74) is 1.63. The number of halogens is 1. The Hall–Kier alpha value is -2.16. The largest absolute Gasteiger partial charge is 0.478 e. The van der Waals surface area contributed by atoms with Crippen LogP contribution in [0.4, 0.5) is 4.39 Å². The molecule has 0 spiro atoms. The second-order valence-electron chi connectivity index (χ2n) is 3.83. The first kappa shape index (κ1) is 11.3. The molecular formula is C14H11FO2. The molecule has 0 aliphatic rings. The van der Waals surface area contributed by atoms with E-state index < -0.39 is 11.8 Å². The van der Waals surface area contributed by atoms with Gasteiger partial charge in [0.2, 0.25) is 0 Å². The van der Waals surface area contributed by atoms with Gasteiger partial charge >= 0.3 is 5.97 Å². The molecule has 2 rings (SSSR count). The van der Waals surface area contributed by atoms with Crippen LogP contribution in [0.3, 0.4) is 0 Å². The van der Waals surface area contributed by atoms with E-state index in [2.05, 4.69) is 0 Å². The molecule has 0 atom stereocenters. The molecule has 0 aliphatic heterocycles. The molecule has 2 nitrogen and oxygen atoms in total. The number of rotatable bonds is 2. The number of carboxylic acids is 1. The fourth-order valence-corrected chi connectivity index (χ4v) is 1.74. The molecule has 2 aromatic rings. The van der Waals surface area contributed by atoms with Gasteiger partial charge in [-0.2, -0.15) is 0 Å². The number of carbonyl (C=O) groups is 1. The van der Waals surface area contributed by atoms with Crippen molar-refractivity contribution in [3.8, 4) is 11.1 Å². The highest BCUT2D eigenvalue weighted by Gasteiger charge is 2.13. The zero-order chi connectivity index (χ0) is 12.4. The fourth-order valence-electron chi connectivity index (χ4n) is 1.74. The van der Waals surface area contributed by atoms with Crippen LogP contribution in [-0.2, 0) is 0 Å². The van der Waals surface area contributed by atoms with Crippen LogP contribution in [0.2, 0.25) is 0 Å². The lowest BCUT2D eigenvalue weighted by atomic mass is 9.98. The van der Waals surface area contributed by atoms with Crippen LogP contribution in [-0.4, -0.2) is 11.1 Å². The van der Waals surface area contributed by atoms with Gasteiger partial charge in [-0.1, -0.05) is 30.3 Å². The lowest BCUT2D eigenvalue weighted by Gasteiger charge is -2.07. The minimum absolute atomic E-state index is 0.107. The lowest BCUT2D eigenvalue weighted by molar-refractivity contribution is 0.0697. The topological polar surface area (TPSA) is 37.3 Å². The number of aromatic carboxylic acids is 1. The van der Waals surface area contributed by atoms with Gasteiger partial charge in [-0.25, -0.2) is 9.18 Å². The Balaban J connectivity index is 2.64. The van der Waals surface area contributed by atoms with Crippen molar-refractivity contribution in [1.82, 2.24) is 0 Å². The summed E-state index contributed by atoms with van der Waals surface area (Å²) in [5.74, 6) is -1.46. The Morgan fingerprint density at radius 3 is 2.47 bits per heavy atom. The molecular weight excluding hydrogens is 219 g/mol. The van der Waals surface area contributed by atoms with E-state index >= 15 is 0 Å². The van der Waals surface area contributed by atoms with Gasteiger partial charge < -0.3 is 5.11 Å². The summed E-state index contributed by atoms with van der Waals surface area (Å²) in [6.45, 7) is 1.79. The van der Waals surface area contributed by atoms with Gasteiger partial charge in [0.05, 0.1) is 5.56 Å². The van der Waals surface area contributed by atoms with E-state index in [-0.39, 0.29) is 5.56 Å². The van der Waals surface area contributed by atoms with Gasteiger partial charge in [-0.3, -0.25) is 0 Å². The molecule has 0 radical (unpaired) electrons. The van der Waals surface area contributed by atoms with E-state index in [0.717, 1.165) is 5.56 Å². The molecule has 0 bridgehead atoms. The van der Waals surface area contributed by atoms with Crippen molar-refractivity contribution in [2.24, 2.45) is 0 Å². The van der Waals surface area contributed by atoms with Gasteiger partial charge in [0.25, 0.3) is 0 Å². The summed E-state index contributed by atoms with van der Waals surface area (Å²) in [5, 5.41) is 9.05. The number of carboxylic acid groups (broad SMARTS) is 1. The maximum absolute atomic E-state index is 13.8. The molecule has 0 saturated carbocycles. The Morgan fingerprint density at radius 2 is 1.82 bits per heavy atom. The maximum Gasteiger partial charge on any atom is 0.336 e. The normalized spacial score (nSPS) is 10.2. The standard InChI is InChI=1S/C14H11FO2/c1-9-6-7-11(13(15)8-9)10-4-2-3-5-12(10)14(16)17/h2-8H,1H3,(H,16,17). The van der Waals surface area contributed by atoms with Crippen LogP contribution in [0, 0.1) is 12.7 Å². The van der Waals surface area contributed by atoms with Crippen molar-refractivity contribution in [3.63, 3.8) is 0 Å². The summed E-state index contributed by atoms with van der Waals surface area (Å²) in [4.78, 5) is 11.1. The average molecular weight is 230 g/mol. The number of hydrogen-bond donors (Lipinski definition) is 1. The summed E-state index contributed by atoms with van der Waals surface area (Å²) < 4.78 is 13.8. The summed E-state index contributed by atoms with van der Waals surface area (Å²) in [7, 11) is 0. The number of benzene rings is 2. The molecule has 0 amide bonds. The summed E-state index contributed by atoms with van der Waals surface area (Å²) in [6, 6.07) is 11.2.